The first-order valence-corrected chi connectivity index (χ1v) is 8.90. The fourth-order valence-electron chi connectivity index (χ4n) is 2.54. The summed E-state index contributed by atoms with van der Waals surface area (Å²) in [5.74, 6) is 1.02. The number of hydrogen-bond donors (Lipinski definition) is 0. The highest BCUT2D eigenvalue weighted by Gasteiger charge is 2.37. The molecule has 0 aromatic heterocycles. The zero-order valence-corrected chi connectivity index (χ0v) is 15.3. The van der Waals surface area contributed by atoms with Crippen LogP contribution in [0, 0.1) is 0 Å². The fraction of sp³-hybridized carbons (Fsp3) is 0.733. The van der Waals surface area contributed by atoms with Gasteiger partial charge in [0.25, 0.3) is 0 Å². The van der Waals surface area contributed by atoms with Gasteiger partial charge in [-0.05, 0) is 51.5 Å². The van der Waals surface area contributed by atoms with Gasteiger partial charge in [0.2, 0.25) is 0 Å². The highest BCUT2D eigenvalue weighted by Crippen LogP contribution is 2.48. The van der Waals surface area contributed by atoms with Crippen molar-refractivity contribution in [1.29, 1.82) is 0 Å². The summed E-state index contributed by atoms with van der Waals surface area (Å²) in [5.41, 5.74) is 2.15. The van der Waals surface area contributed by atoms with Crippen molar-refractivity contribution in [2.75, 3.05) is 12.9 Å². The highest BCUT2D eigenvalue weighted by molar-refractivity contribution is 8.15. The Hall–Kier alpha value is -0.620. The van der Waals surface area contributed by atoms with Crippen molar-refractivity contribution in [2.24, 2.45) is 10.3 Å². The number of hydrogen-bond acceptors (Lipinski definition) is 6. The van der Waals surface area contributed by atoms with Crippen molar-refractivity contribution in [2.45, 2.75) is 57.8 Å². The average molecular weight is 329 g/mol. The summed E-state index contributed by atoms with van der Waals surface area (Å²) in [5, 5.41) is 9.38. The number of nitrogens with zero attached hydrogens (tertiary/aromatic N) is 2. The molecule has 1 atom stereocenters. The SMILES string of the molecule is CON=C(C)C1=C(C)SC(C)(CSC2=NOC(C)(C)C2)C1. The van der Waals surface area contributed by atoms with E-state index in [0.29, 0.717) is 0 Å². The second-order valence-corrected chi connectivity index (χ2v) is 9.27. The Balaban J connectivity index is 1.93. The van der Waals surface area contributed by atoms with Crippen LogP contribution in [0.1, 0.15) is 47.5 Å². The molecule has 118 valence electrons. The number of allylic oxidation sites excluding steroid dienone is 2. The molecule has 0 spiro atoms. The van der Waals surface area contributed by atoms with E-state index in [4.69, 9.17) is 9.68 Å². The molecule has 2 aliphatic heterocycles. The van der Waals surface area contributed by atoms with Gasteiger partial charge < -0.3 is 9.68 Å². The summed E-state index contributed by atoms with van der Waals surface area (Å²) in [7, 11) is 1.59. The Morgan fingerprint density at radius 1 is 1.43 bits per heavy atom. The molecule has 2 rings (SSSR count). The van der Waals surface area contributed by atoms with Crippen LogP contribution in [0.15, 0.2) is 20.8 Å². The quantitative estimate of drug-likeness (QED) is 0.566. The Morgan fingerprint density at radius 3 is 2.71 bits per heavy atom. The first kappa shape index (κ1) is 16.7. The molecular weight excluding hydrogens is 304 g/mol. The molecular formula is C15H24N2O2S2. The van der Waals surface area contributed by atoms with E-state index < -0.39 is 0 Å². The molecule has 0 saturated carbocycles. The molecule has 6 heteroatoms. The van der Waals surface area contributed by atoms with Crippen LogP contribution < -0.4 is 0 Å². The first-order chi connectivity index (χ1) is 9.75. The van der Waals surface area contributed by atoms with Crippen LogP contribution in [-0.4, -0.2) is 34.0 Å². The summed E-state index contributed by atoms with van der Waals surface area (Å²) in [6.07, 6.45) is 1.93. The monoisotopic (exact) mass is 328 g/mol. The van der Waals surface area contributed by atoms with E-state index >= 15 is 0 Å². The molecule has 0 aliphatic carbocycles. The molecule has 1 unspecified atom stereocenters. The summed E-state index contributed by atoms with van der Waals surface area (Å²) < 4.78 is 0.184. The lowest BCUT2D eigenvalue weighted by Crippen LogP contribution is -2.23. The average Bonchev–Trinajstić information content (AvgIpc) is 2.88. The van der Waals surface area contributed by atoms with Crippen LogP contribution in [-0.2, 0) is 9.68 Å². The smallest absolute Gasteiger partial charge is 0.138 e. The van der Waals surface area contributed by atoms with Gasteiger partial charge in [-0.1, -0.05) is 10.3 Å². The van der Waals surface area contributed by atoms with Crippen LogP contribution in [0.4, 0.5) is 0 Å². The summed E-state index contributed by atoms with van der Waals surface area (Å²) in [6.45, 7) is 10.6. The zero-order chi connectivity index (χ0) is 15.7. The summed E-state index contributed by atoms with van der Waals surface area (Å²) in [4.78, 5) is 11.7. The Labute approximate surface area is 135 Å². The second kappa shape index (κ2) is 6.24. The van der Waals surface area contributed by atoms with Gasteiger partial charge in [0.1, 0.15) is 17.8 Å². The lowest BCUT2D eigenvalue weighted by Gasteiger charge is -2.23. The molecule has 2 heterocycles. The van der Waals surface area contributed by atoms with E-state index in [1.165, 1.54) is 10.5 Å². The third-order valence-electron chi connectivity index (χ3n) is 3.56. The fourth-order valence-corrected chi connectivity index (χ4v) is 5.36. The van der Waals surface area contributed by atoms with E-state index in [1.807, 2.05) is 30.4 Å². The standard InChI is InChI=1S/C15H24N2O2S2/c1-10(16-18-6)12-7-15(5,21-11(12)2)9-20-13-8-14(3,4)19-17-13/h7-9H2,1-6H3. The molecule has 0 bridgehead atoms. The van der Waals surface area contributed by atoms with Gasteiger partial charge in [0, 0.05) is 16.9 Å². The molecule has 2 aliphatic rings. The van der Waals surface area contributed by atoms with Gasteiger partial charge in [-0.2, -0.15) is 0 Å². The van der Waals surface area contributed by atoms with Crippen molar-refractivity contribution >= 4 is 34.3 Å². The second-order valence-electron chi connectivity index (χ2n) is 6.42. The van der Waals surface area contributed by atoms with Crippen LogP contribution in [0.2, 0.25) is 0 Å². The van der Waals surface area contributed by atoms with E-state index in [9.17, 15) is 0 Å². The Bertz CT molecular complexity index is 512. The topological polar surface area (TPSA) is 43.2 Å². The molecule has 0 aromatic carbocycles. The van der Waals surface area contributed by atoms with E-state index in [0.717, 1.165) is 29.3 Å². The molecule has 4 nitrogen and oxygen atoms in total. The number of thioether (sulfide) groups is 2. The van der Waals surface area contributed by atoms with E-state index in [2.05, 4.69) is 38.0 Å². The first-order valence-electron chi connectivity index (χ1n) is 7.09. The Morgan fingerprint density at radius 2 is 2.14 bits per heavy atom. The van der Waals surface area contributed by atoms with Crippen molar-refractivity contribution < 1.29 is 9.68 Å². The number of rotatable bonds is 4. The van der Waals surface area contributed by atoms with Gasteiger partial charge in [-0.15, -0.1) is 23.5 Å². The van der Waals surface area contributed by atoms with Gasteiger partial charge in [-0.25, -0.2) is 0 Å². The third kappa shape index (κ3) is 4.19. The Kier molecular flexibility index (Phi) is 4.98. The molecule has 0 amide bonds. The van der Waals surface area contributed by atoms with Gasteiger partial charge >= 0.3 is 0 Å². The normalized spacial score (nSPS) is 28.7. The molecule has 0 aromatic rings. The van der Waals surface area contributed by atoms with Gasteiger partial charge in [-0.3, -0.25) is 0 Å². The minimum Gasteiger partial charge on any atom is -0.399 e. The summed E-state index contributed by atoms with van der Waals surface area (Å²) in [6, 6.07) is 0. The molecule has 0 saturated heterocycles. The third-order valence-corrected chi connectivity index (χ3v) is 6.41. The largest absolute Gasteiger partial charge is 0.399 e. The molecule has 0 fully saturated rings. The van der Waals surface area contributed by atoms with Crippen molar-refractivity contribution in [3.05, 3.63) is 10.5 Å². The molecule has 0 radical (unpaired) electrons. The highest BCUT2D eigenvalue weighted by atomic mass is 32.2. The van der Waals surface area contributed by atoms with E-state index in [-0.39, 0.29) is 10.3 Å². The van der Waals surface area contributed by atoms with Crippen LogP contribution in [0.25, 0.3) is 0 Å². The van der Waals surface area contributed by atoms with Crippen LogP contribution >= 0.6 is 23.5 Å². The van der Waals surface area contributed by atoms with Crippen LogP contribution in [0.5, 0.6) is 0 Å². The minimum absolute atomic E-state index is 0.146. The lowest BCUT2D eigenvalue weighted by molar-refractivity contribution is 0.0123. The number of oxime groups is 2. The van der Waals surface area contributed by atoms with Crippen molar-refractivity contribution in [3.63, 3.8) is 0 Å². The maximum Gasteiger partial charge on any atom is 0.138 e. The van der Waals surface area contributed by atoms with Crippen molar-refractivity contribution in [3.8, 4) is 0 Å². The lowest BCUT2D eigenvalue weighted by atomic mass is 9.99. The molecule has 0 N–H and O–H groups in total. The van der Waals surface area contributed by atoms with Crippen LogP contribution in [0.3, 0.4) is 0 Å². The maximum atomic E-state index is 5.43. The zero-order valence-electron chi connectivity index (χ0n) is 13.6. The van der Waals surface area contributed by atoms with Crippen molar-refractivity contribution in [1.82, 2.24) is 0 Å². The summed E-state index contributed by atoms with van der Waals surface area (Å²) >= 11 is 3.76. The van der Waals surface area contributed by atoms with Gasteiger partial charge in [0.05, 0.1) is 5.71 Å². The van der Waals surface area contributed by atoms with E-state index in [1.54, 1.807) is 7.11 Å². The van der Waals surface area contributed by atoms with Gasteiger partial charge in [0.15, 0.2) is 0 Å². The predicted octanol–water partition coefficient (Wildman–Crippen LogP) is 4.42. The maximum absolute atomic E-state index is 5.43. The minimum atomic E-state index is -0.146. The molecule has 21 heavy (non-hydrogen) atoms. The predicted molar refractivity (Wildman–Crippen MR) is 93.1 cm³/mol.